The lowest BCUT2D eigenvalue weighted by Gasteiger charge is -2.56. The van der Waals surface area contributed by atoms with E-state index in [4.69, 9.17) is 5.26 Å². The predicted octanol–water partition coefficient (Wildman–Crippen LogP) is 3.48. The molecule has 1 aromatic rings. The van der Waals surface area contributed by atoms with E-state index in [0.29, 0.717) is 10.4 Å². The Labute approximate surface area is 106 Å². The second-order valence-electron chi connectivity index (χ2n) is 6.35. The lowest BCUT2D eigenvalue weighted by atomic mass is 9.49. The Morgan fingerprint density at radius 2 is 1.76 bits per heavy atom. The van der Waals surface area contributed by atoms with Gasteiger partial charge in [-0.3, -0.25) is 0 Å². The van der Waals surface area contributed by atoms with Gasteiger partial charge in [-0.15, -0.1) is 11.3 Å². The third-order valence-electron chi connectivity index (χ3n) is 5.18. The molecule has 4 aliphatic carbocycles. The molecule has 1 aromatic heterocycles. The monoisotopic (exact) mass is 244 g/mol. The summed E-state index contributed by atoms with van der Waals surface area (Å²) in [6.45, 7) is 0. The van der Waals surface area contributed by atoms with Crippen LogP contribution in [0.15, 0.2) is 5.38 Å². The summed E-state index contributed by atoms with van der Waals surface area (Å²) in [5.41, 5.74) is 1.61. The number of aromatic nitrogens is 1. The predicted molar refractivity (Wildman–Crippen MR) is 66.7 cm³/mol. The molecule has 0 N–H and O–H groups in total. The Morgan fingerprint density at radius 3 is 2.24 bits per heavy atom. The number of hydrogen-bond acceptors (Lipinski definition) is 3. The molecule has 4 bridgehead atoms. The molecule has 4 fully saturated rings. The topological polar surface area (TPSA) is 36.7 Å². The molecule has 0 saturated heterocycles. The first-order chi connectivity index (χ1) is 8.27. The average Bonchev–Trinajstić information content (AvgIpc) is 2.76. The Morgan fingerprint density at radius 1 is 1.18 bits per heavy atom. The minimum absolute atomic E-state index is 0.361. The van der Waals surface area contributed by atoms with Gasteiger partial charge in [0.25, 0.3) is 0 Å². The summed E-state index contributed by atoms with van der Waals surface area (Å²) in [4.78, 5) is 4.58. The van der Waals surface area contributed by atoms with Gasteiger partial charge in [-0.05, 0) is 56.3 Å². The van der Waals surface area contributed by atoms with Crippen LogP contribution in [0, 0.1) is 29.1 Å². The van der Waals surface area contributed by atoms with Crippen LogP contribution in [0.5, 0.6) is 0 Å². The molecule has 2 nitrogen and oxygen atoms in total. The van der Waals surface area contributed by atoms with Crippen molar-refractivity contribution in [2.24, 2.45) is 17.8 Å². The molecule has 0 aliphatic heterocycles. The molecule has 0 aromatic carbocycles. The normalized spacial score (nSPS) is 42.6. The van der Waals surface area contributed by atoms with Crippen LogP contribution in [0.25, 0.3) is 0 Å². The van der Waals surface area contributed by atoms with Crippen molar-refractivity contribution in [2.75, 3.05) is 0 Å². The number of nitriles is 1. The van der Waals surface area contributed by atoms with E-state index >= 15 is 0 Å². The largest absolute Gasteiger partial charge is 0.230 e. The van der Waals surface area contributed by atoms with Crippen LogP contribution in [0.1, 0.15) is 49.2 Å². The van der Waals surface area contributed by atoms with Gasteiger partial charge in [-0.25, -0.2) is 4.98 Å². The number of nitrogens with zero attached hydrogens (tertiary/aromatic N) is 2. The summed E-state index contributed by atoms with van der Waals surface area (Å²) < 4.78 is 0. The summed E-state index contributed by atoms with van der Waals surface area (Å²) in [6.07, 6.45) is 8.42. The van der Waals surface area contributed by atoms with Crippen molar-refractivity contribution in [2.45, 2.75) is 43.9 Å². The van der Waals surface area contributed by atoms with Gasteiger partial charge in [0.15, 0.2) is 5.01 Å². The van der Waals surface area contributed by atoms with Gasteiger partial charge >= 0.3 is 0 Å². The van der Waals surface area contributed by atoms with Gasteiger partial charge in [-0.1, -0.05) is 0 Å². The van der Waals surface area contributed by atoms with Crippen LogP contribution in [0.2, 0.25) is 0 Å². The van der Waals surface area contributed by atoms with Crippen molar-refractivity contribution < 1.29 is 0 Å². The highest BCUT2D eigenvalue weighted by Crippen LogP contribution is 2.60. The zero-order valence-electron chi connectivity index (χ0n) is 9.85. The van der Waals surface area contributed by atoms with E-state index in [9.17, 15) is 0 Å². The molecule has 0 atom stereocenters. The lowest BCUT2D eigenvalue weighted by Crippen LogP contribution is -2.48. The Bertz CT molecular complexity index is 461. The fraction of sp³-hybridized carbons (Fsp3) is 0.714. The molecular weight excluding hydrogens is 228 g/mol. The SMILES string of the molecule is N#Cc1nc(C23CC4CC(CC(C4)C2)C3)cs1. The van der Waals surface area contributed by atoms with E-state index in [0.717, 1.165) is 17.8 Å². The molecule has 0 unspecified atom stereocenters. The first-order valence-corrected chi connectivity index (χ1v) is 7.51. The quantitative estimate of drug-likeness (QED) is 0.758. The minimum atomic E-state index is 0.361. The van der Waals surface area contributed by atoms with E-state index in [1.54, 1.807) is 0 Å². The maximum absolute atomic E-state index is 8.93. The molecule has 5 rings (SSSR count). The van der Waals surface area contributed by atoms with Crippen LogP contribution in [0.3, 0.4) is 0 Å². The second-order valence-corrected chi connectivity index (χ2v) is 7.21. The Hall–Kier alpha value is -0.880. The zero-order chi connectivity index (χ0) is 11.5. The maximum Gasteiger partial charge on any atom is 0.194 e. The third-order valence-corrected chi connectivity index (χ3v) is 5.93. The molecule has 0 amide bonds. The minimum Gasteiger partial charge on any atom is -0.230 e. The molecule has 88 valence electrons. The Kier molecular flexibility index (Phi) is 1.97. The molecule has 3 heteroatoms. The van der Waals surface area contributed by atoms with E-state index in [-0.39, 0.29) is 0 Å². The van der Waals surface area contributed by atoms with Gasteiger partial charge < -0.3 is 0 Å². The van der Waals surface area contributed by atoms with Gasteiger partial charge in [-0.2, -0.15) is 5.26 Å². The van der Waals surface area contributed by atoms with Crippen molar-refractivity contribution >= 4 is 11.3 Å². The Balaban J connectivity index is 1.75. The van der Waals surface area contributed by atoms with Crippen LogP contribution in [0.4, 0.5) is 0 Å². The van der Waals surface area contributed by atoms with E-state index in [2.05, 4.69) is 16.4 Å². The summed E-state index contributed by atoms with van der Waals surface area (Å²) in [5.74, 6) is 2.86. The summed E-state index contributed by atoms with van der Waals surface area (Å²) in [6, 6.07) is 2.19. The maximum atomic E-state index is 8.93. The molecule has 1 heterocycles. The van der Waals surface area contributed by atoms with Crippen molar-refractivity contribution in [3.63, 3.8) is 0 Å². The highest BCUT2D eigenvalue weighted by molar-refractivity contribution is 7.10. The smallest absolute Gasteiger partial charge is 0.194 e. The average molecular weight is 244 g/mol. The fourth-order valence-corrected chi connectivity index (χ4v) is 5.72. The van der Waals surface area contributed by atoms with Gasteiger partial charge in [0.05, 0.1) is 5.69 Å². The van der Waals surface area contributed by atoms with E-state index in [1.165, 1.54) is 55.6 Å². The molecule has 0 spiro atoms. The first kappa shape index (κ1) is 10.1. The molecular formula is C14H16N2S. The summed E-state index contributed by atoms with van der Waals surface area (Å²) in [7, 11) is 0. The number of thiazole rings is 1. The van der Waals surface area contributed by atoms with Gasteiger partial charge in [0.2, 0.25) is 0 Å². The van der Waals surface area contributed by atoms with E-state index < -0.39 is 0 Å². The summed E-state index contributed by atoms with van der Waals surface area (Å²) >= 11 is 1.53. The molecule has 4 aliphatic rings. The zero-order valence-corrected chi connectivity index (χ0v) is 10.7. The van der Waals surface area contributed by atoms with Crippen LogP contribution in [-0.2, 0) is 5.41 Å². The van der Waals surface area contributed by atoms with Crippen molar-refractivity contribution in [1.29, 1.82) is 5.26 Å². The van der Waals surface area contributed by atoms with Crippen molar-refractivity contribution in [3.05, 3.63) is 16.1 Å². The van der Waals surface area contributed by atoms with Crippen LogP contribution >= 0.6 is 11.3 Å². The first-order valence-electron chi connectivity index (χ1n) is 6.63. The second kappa shape index (κ2) is 3.32. The number of hydrogen-bond donors (Lipinski definition) is 0. The van der Waals surface area contributed by atoms with Crippen molar-refractivity contribution in [1.82, 2.24) is 4.98 Å². The van der Waals surface area contributed by atoms with Gasteiger partial charge in [0.1, 0.15) is 6.07 Å². The lowest BCUT2D eigenvalue weighted by molar-refractivity contribution is -0.00694. The molecule has 17 heavy (non-hydrogen) atoms. The highest BCUT2D eigenvalue weighted by Gasteiger charge is 2.52. The van der Waals surface area contributed by atoms with E-state index in [1.807, 2.05) is 0 Å². The van der Waals surface area contributed by atoms with Crippen molar-refractivity contribution in [3.8, 4) is 6.07 Å². The van der Waals surface area contributed by atoms with Crippen LogP contribution < -0.4 is 0 Å². The highest BCUT2D eigenvalue weighted by atomic mass is 32.1. The third kappa shape index (κ3) is 1.40. The van der Waals surface area contributed by atoms with Gasteiger partial charge in [0, 0.05) is 10.8 Å². The number of rotatable bonds is 1. The molecule has 4 saturated carbocycles. The fourth-order valence-electron chi connectivity index (χ4n) is 4.99. The molecule has 0 radical (unpaired) electrons. The standard InChI is InChI=1S/C14H16N2S/c15-7-13-16-12(8-17-13)14-4-9-1-10(5-14)3-11(2-9)6-14/h8-11H,1-6H2. The summed E-state index contributed by atoms with van der Waals surface area (Å²) in [5, 5.41) is 11.7. The van der Waals surface area contributed by atoms with Crippen LogP contribution in [-0.4, -0.2) is 4.98 Å².